The number of aliphatic imine (C=N–C) groups is 1. The highest BCUT2D eigenvalue weighted by Gasteiger charge is 2.35. The minimum Gasteiger partial charge on any atom is -0.511 e. The fourth-order valence-electron chi connectivity index (χ4n) is 3.47. The second kappa shape index (κ2) is 9.07. The molecule has 0 spiro atoms. The van der Waals surface area contributed by atoms with Gasteiger partial charge in [0.05, 0.1) is 19.8 Å². The summed E-state index contributed by atoms with van der Waals surface area (Å²) in [5, 5.41) is 10.4. The summed E-state index contributed by atoms with van der Waals surface area (Å²) in [4.78, 5) is 17.3. The number of nitrogens with zero attached hydrogens (tertiary/aromatic N) is 1. The number of ketones is 1. The van der Waals surface area contributed by atoms with Gasteiger partial charge in [0.25, 0.3) is 0 Å². The highest BCUT2D eigenvalue weighted by Crippen LogP contribution is 2.36. The number of aliphatic hydroxyl groups is 1. The molecule has 1 N–H and O–H groups in total. The standard InChI is InChI=1S/C22H31NO4/c1-6-7-17(24)21-16(13-22(2,3)14-18(21)25)23-11-10-15-8-9-19(26-4)20(12-15)27-5/h8-9,12,24H,6-7,10-11,13-14H2,1-5H3/b21-17+,23-16?. The third-order valence-corrected chi connectivity index (χ3v) is 4.78. The number of Topliss-reactive ketones (excluding diaryl/α,β-unsaturated/α-hetero) is 1. The van der Waals surface area contributed by atoms with Crippen LogP contribution in [0.4, 0.5) is 0 Å². The summed E-state index contributed by atoms with van der Waals surface area (Å²) in [5.41, 5.74) is 2.14. The van der Waals surface area contributed by atoms with E-state index in [-0.39, 0.29) is 17.0 Å². The third-order valence-electron chi connectivity index (χ3n) is 4.78. The Labute approximate surface area is 162 Å². The van der Waals surface area contributed by atoms with Crippen molar-refractivity contribution in [2.75, 3.05) is 20.8 Å². The normalized spacial score (nSPS) is 19.9. The fraction of sp³-hybridized carbons (Fsp3) is 0.545. The zero-order valence-electron chi connectivity index (χ0n) is 17.1. The van der Waals surface area contributed by atoms with E-state index in [0.29, 0.717) is 42.9 Å². The quantitative estimate of drug-likeness (QED) is 0.556. The number of aliphatic hydroxyl groups excluding tert-OH is 1. The lowest BCUT2D eigenvalue weighted by molar-refractivity contribution is -0.117. The molecule has 0 bridgehead atoms. The summed E-state index contributed by atoms with van der Waals surface area (Å²) in [6.07, 6.45) is 3.18. The Morgan fingerprint density at radius 1 is 1.19 bits per heavy atom. The van der Waals surface area contributed by atoms with Crippen molar-refractivity contribution < 1.29 is 19.4 Å². The summed E-state index contributed by atoms with van der Waals surface area (Å²) in [5.74, 6) is 1.57. The van der Waals surface area contributed by atoms with Crippen LogP contribution in [0.1, 0.15) is 52.0 Å². The lowest BCUT2D eigenvalue weighted by Crippen LogP contribution is -2.33. The number of carbonyl (C=O) groups excluding carboxylic acids is 1. The number of rotatable bonds is 7. The number of hydrogen-bond donors (Lipinski definition) is 1. The maximum absolute atomic E-state index is 12.6. The molecule has 2 rings (SSSR count). The van der Waals surface area contributed by atoms with E-state index in [9.17, 15) is 9.90 Å². The van der Waals surface area contributed by atoms with E-state index in [4.69, 9.17) is 14.5 Å². The van der Waals surface area contributed by atoms with Crippen LogP contribution in [0.15, 0.2) is 34.5 Å². The summed E-state index contributed by atoms with van der Waals surface area (Å²) < 4.78 is 10.6. The van der Waals surface area contributed by atoms with Crippen LogP contribution in [0.3, 0.4) is 0 Å². The predicted molar refractivity (Wildman–Crippen MR) is 108 cm³/mol. The number of hydrogen-bond acceptors (Lipinski definition) is 5. The number of allylic oxidation sites excluding steroid dienone is 2. The first-order valence-electron chi connectivity index (χ1n) is 9.51. The van der Waals surface area contributed by atoms with Crippen LogP contribution in [-0.4, -0.2) is 37.4 Å². The first kappa shape index (κ1) is 21.0. The molecule has 5 heteroatoms. The molecule has 5 nitrogen and oxygen atoms in total. The van der Waals surface area contributed by atoms with E-state index in [0.717, 1.165) is 24.1 Å². The van der Waals surface area contributed by atoms with Crippen LogP contribution in [0.2, 0.25) is 0 Å². The number of benzene rings is 1. The molecular weight excluding hydrogens is 342 g/mol. The molecule has 0 atom stereocenters. The first-order valence-corrected chi connectivity index (χ1v) is 9.51. The number of ether oxygens (including phenoxy) is 2. The van der Waals surface area contributed by atoms with Gasteiger partial charge in [-0.05, 0) is 42.4 Å². The first-order chi connectivity index (χ1) is 12.8. The van der Waals surface area contributed by atoms with E-state index in [2.05, 4.69) is 13.8 Å². The van der Waals surface area contributed by atoms with Crippen molar-refractivity contribution in [3.8, 4) is 11.5 Å². The molecule has 1 aliphatic rings. The van der Waals surface area contributed by atoms with Gasteiger partial charge < -0.3 is 14.6 Å². The maximum Gasteiger partial charge on any atom is 0.168 e. The molecule has 27 heavy (non-hydrogen) atoms. The molecule has 0 unspecified atom stereocenters. The van der Waals surface area contributed by atoms with Crippen LogP contribution in [0.5, 0.6) is 11.5 Å². The minimum absolute atomic E-state index is 0.00191. The molecule has 1 aromatic rings. The molecule has 0 radical (unpaired) electrons. The summed E-state index contributed by atoms with van der Waals surface area (Å²) in [6, 6.07) is 5.82. The second-order valence-corrected chi connectivity index (χ2v) is 7.78. The molecule has 0 amide bonds. The molecule has 1 saturated carbocycles. The van der Waals surface area contributed by atoms with E-state index in [1.807, 2.05) is 25.1 Å². The molecule has 0 aliphatic heterocycles. The molecule has 0 saturated heterocycles. The van der Waals surface area contributed by atoms with Crippen LogP contribution >= 0.6 is 0 Å². The Morgan fingerprint density at radius 2 is 1.89 bits per heavy atom. The lowest BCUT2D eigenvalue weighted by atomic mass is 9.73. The van der Waals surface area contributed by atoms with E-state index >= 15 is 0 Å². The van der Waals surface area contributed by atoms with Crippen LogP contribution in [0, 0.1) is 5.41 Å². The van der Waals surface area contributed by atoms with Crippen molar-refractivity contribution in [3.05, 3.63) is 35.1 Å². The third kappa shape index (κ3) is 5.34. The van der Waals surface area contributed by atoms with Crippen molar-refractivity contribution >= 4 is 11.5 Å². The van der Waals surface area contributed by atoms with E-state index < -0.39 is 0 Å². The van der Waals surface area contributed by atoms with Gasteiger partial charge in [-0.1, -0.05) is 26.8 Å². The number of methoxy groups -OCH3 is 2. The van der Waals surface area contributed by atoms with Crippen molar-refractivity contribution in [2.24, 2.45) is 10.4 Å². The van der Waals surface area contributed by atoms with Gasteiger partial charge in [0, 0.05) is 25.1 Å². The zero-order valence-corrected chi connectivity index (χ0v) is 17.1. The molecule has 1 aliphatic carbocycles. The average molecular weight is 373 g/mol. The largest absolute Gasteiger partial charge is 0.511 e. The molecule has 148 valence electrons. The topological polar surface area (TPSA) is 68.1 Å². The molecule has 1 fully saturated rings. The summed E-state index contributed by atoms with van der Waals surface area (Å²) in [6.45, 7) is 6.68. The fourth-order valence-corrected chi connectivity index (χ4v) is 3.47. The summed E-state index contributed by atoms with van der Waals surface area (Å²) in [7, 11) is 3.23. The van der Waals surface area contributed by atoms with Gasteiger partial charge in [-0.15, -0.1) is 0 Å². The van der Waals surface area contributed by atoms with E-state index in [1.165, 1.54) is 0 Å². The lowest BCUT2D eigenvalue weighted by Gasteiger charge is -2.31. The Morgan fingerprint density at radius 3 is 2.52 bits per heavy atom. The zero-order chi connectivity index (χ0) is 20.0. The molecular formula is C22H31NO4. The molecule has 1 aromatic carbocycles. The SMILES string of the molecule is CCC/C(O)=C1\C(=O)CC(C)(C)CC1=NCCc1ccc(OC)c(OC)c1. The second-order valence-electron chi connectivity index (χ2n) is 7.78. The van der Waals surface area contributed by atoms with Gasteiger partial charge in [0.2, 0.25) is 0 Å². The highest BCUT2D eigenvalue weighted by atomic mass is 16.5. The highest BCUT2D eigenvalue weighted by molar-refractivity contribution is 6.24. The number of carbonyl (C=O) groups is 1. The van der Waals surface area contributed by atoms with Gasteiger partial charge in [-0.3, -0.25) is 9.79 Å². The Kier molecular flexibility index (Phi) is 7.05. The molecule has 0 aromatic heterocycles. The van der Waals surface area contributed by atoms with Crippen molar-refractivity contribution in [1.29, 1.82) is 0 Å². The van der Waals surface area contributed by atoms with Crippen LogP contribution < -0.4 is 9.47 Å². The van der Waals surface area contributed by atoms with Gasteiger partial charge in [-0.25, -0.2) is 0 Å². The van der Waals surface area contributed by atoms with Crippen LogP contribution in [0.25, 0.3) is 0 Å². The Hall–Kier alpha value is -2.30. The predicted octanol–water partition coefficient (Wildman–Crippen LogP) is 4.69. The van der Waals surface area contributed by atoms with Crippen molar-refractivity contribution in [3.63, 3.8) is 0 Å². The average Bonchev–Trinajstić information content (AvgIpc) is 2.60. The van der Waals surface area contributed by atoms with Crippen molar-refractivity contribution in [2.45, 2.75) is 52.9 Å². The monoisotopic (exact) mass is 373 g/mol. The van der Waals surface area contributed by atoms with Gasteiger partial charge in [-0.2, -0.15) is 0 Å². The smallest absolute Gasteiger partial charge is 0.168 e. The molecule has 0 heterocycles. The van der Waals surface area contributed by atoms with Crippen molar-refractivity contribution in [1.82, 2.24) is 0 Å². The van der Waals surface area contributed by atoms with E-state index in [1.54, 1.807) is 14.2 Å². The summed E-state index contributed by atoms with van der Waals surface area (Å²) >= 11 is 0. The van der Waals surface area contributed by atoms with Crippen LogP contribution in [-0.2, 0) is 11.2 Å². The Bertz CT molecular complexity index is 747. The maximum atomic E-state index is 12.6. The van der Waals surface area contributed by atoms with Gasteiger partial charge >= 0.3 is 0 Å². The van der Waals surface area contributed by atoms with Gasteiger partial charge in [0.15, 0.2) is 17.3 Å². The minimum atomic E-state index is -0.130. The van der Waals surface area contributed by atoms with Gasteiger partial charge in [0.1, 0.15) is 5.76 Å². The Balaban J connectivity index is 2.21.